The Morgan fingerprint density at radius 3 is 2.43 bits per heavy atom. The fourth-order valence-electron chi connectivity index (χ4n) is 2.47. The molecule has 1 heterocycles. The molecule has 0 fully saturated rings. The van der Waals surface area contributed by atoms with Gasteiger partial charge in [-0.1, -0.05) is 29.8 Å². The second-order valence-corrected chi connectivity index (χ2v) is 5.64. The van der Waals surface area contributed by atoms with E-state index in [1.165, 1.54) is 6.07 Å². The Morgan fingerprint density at radius 2 is 1.70 bits per heavy atom. The predicted octanol–water partition coefficient (Wildman–Crippen LogP) is 3.34. The average Bonchev–Trinajstić information content (AvgIpc) is 2.52. The molecule has 3 rings (SSSR count). The molecular formula is C19H17NO3. The maximum Gasteiger partial charge on any atom is 0.336 e. The van der Waals surface area contributed by atoms with E-state index in [1.54, 1.807) is 12.1 Å². The quantitative estimate of drug-likeness (QED) is 0.755. The largest absolute Gasteiger partial charge is 0.423 e. The van der Waals surface area contributed by atoms with Crippen LogP contribution in [-0.2, 0) is 6.54 Å². The molecule has 3 aromatic rings. The van der Waals surface area contributed by atoms with Crippen LogP contribution in [0.4, 0.5) is 0 Å². The van der Waals surface area contributed by atoms with Crippen molar-refractivity contribution in [3.05, 3.63) is 81.2 Å². The van der Waals surface area contributed by atoms with Crippen molar-refractivity contribution in [3.8, 4) is 0 Å². The van der Waals surface area contributed by atoms with Crippen LogP contribution in [0.2, 0.25) is 0 Å². The minimum Gasteiger partial charge on any atom is -0.423 e. The number of benzene rings is 2. The lowest BCUT2D eigenvalue weighted by Gasteiger charge is -2.08. The van der Waals surface area contributed by atoms with Gasteiger partial charge in [0.2, 0.25) is 0 Å². The van der Waals surface area contributed by atoms with E-state index in [0.717, 1.165) is 22.1 Å². The number of carbonyl (C=O) groups is 1. The van der Waals surface area contributed by atoms with E-state index in [4.69, 9.17) is 4.42 Å². The molecule has 23 heavy (non-hydrogen) atoms. The summed E-state index contributed by atoms with van der Waals surface area (Å²) in [6.07, 6.45) is 0. The normalized spacial score (nSPS) is 10.7. The monoisotopic (exact) mass is 307 g/mol. The average molecular weight is 307 g/mol. The number of fused-ring (bicyclic) bond motifs is 1. The molecule has 0 aliphatic rings. The van der Waals surface area contributed by atoms with Crippen molar-refractivity contribution in [2.24, 2.45) is 0 Å². The van der Waals surface area contributed by atoms with Crippen molar-refractivity contribution >= 4 is 16.9 Å². The van der Waals surface area contributed by atoms with Gasteiger partial charge in [-0.15, -0.1) is 0 Å². The lowest BCUT2D eigenvalue weighted by Crippen LogP contribution is -2.23. The molecule has 116 valence electrons. The molecule has 2 aromatic carbocycles. The third kappa shape index (κ3) is 3.31. The van der Waals surface area contributed by atoms with E-state index < -0.39 is 5.63 Å². The van der Waals surface area contributed by atoms with Crippen LogP contribution < -0.4 is 10.9 Å². The number of hydrogen-bond acceptors (Lipinski definition) is 3. The van der Waals surface area contributed by atoms with E-state index in [1.807, 2.05) is 44.2 Å². The molecule has 0 atom stereocenters. The van der Waals surface area contributed by atoms with Crippen molar-refractivity contribution in [1.82, 2.24) is 5.32 Å². The fraction of sp³-hybridized carbons (Fsp3) is 0.158. The maximum absolute atomic E-state index is 12.2. The van der Waals surface area contributed by atoms with E-state index in [0.29, 0.717) is 11.1 Å². The fourth-order valence-corrected chi connectivity index (χ4v) is 2.47. The summed E-state index contributed by atoms with van der Waals surface area (Å²) in [7, 11) is 0. The molecule has 0 bridgehead atoms. The number of carbonyl (C=O) groups excluding carboxylic acids is 1. The first kappa shape index (κ1) is 15.0. The zero-order valence-electron chi connectivity index (χ0n) is 13.1. The molecule has 0 aliphatic heterocycles. The highest BCUT2D eigenvalue weighted by Crippen LogP contribution is 2.18. The van der Waals surface area contributed by atoms with Crippen LogP contribution in [0.25, 0.3) is 11.0 Å². The molecule has 0 aliphatic carbocycles. The van der Waals surface area contributed by atoms with Gasteiger partial charge in [0.05, 0.1) is 0 Å². The van der Waals surface area contributed by atoms with Crippen LogP contribution in [0.5, 0.6) is 0 Å². The van der Waals surface area contributed by atoms with Gasteiger partial charge in [0.15, 0.2) is 0 Å². The number of hydrogen-bond donors (Lipinski definition) is 1. The Morgan fingerprint density at radius 1 is 1.00 bits per heavy atom. The van der Waals surface area contributed by atoms with Crippen LogP contribution in [0, 0.1) is 13.8 Å². The predicted molar refractivity (Wildman–Crippen MR) is 89.6 cm³/mol. The summed E-state index contributed by atoms with van der Waals surface area (Å²) in [5.41, 5.74) is 3.58. The Labute approximate surface area is 133 Å². The molecule has 0 unspecified atom stereocenters. The van der Waals surface area contributed by atoms with Crippen molar-refractivity contribution in [2.45, 2.75) is 20.4 Å². The number of aryl methyl sites for hydroxylation is 2. The summed E-state index contributed by atoms with van der Waals surface area (Å²) in [5, 5.41) is 3.68. The van der Waals surface area contributed by atoms with Crippen LogP contribution in [0.1, 0.15) is 27.0 Å². The molecule has 1 amide bonds. The van der Waals surface area contributed by atoms with E-state index >= 15 is 0 Å². The first-order valence-electron chi connectivity index (χ1n) is 7.41. The van der Waals surface area contributed by atoms with Crippen molar-refractivity contribution in [3.63, 3.8) is 0 Å². The number of rotatable bonds is 3. The van der Waals surface area contributed by atoms with Gasteiger partial charge in [0, 0.05) is 23.6 Å². The Bertz CT molecular complexity index is 923. The highest BCUT2D eigenvalue weighted by atomic mass is 16.4. The molecule has 1 N–H and O–H groups in total. The summed E-state index contributed by atoms with van der Waals surface area (Å²) in [6.45, 7) is 4.18. The first-order chi connectivity index (χ1) is 11.0. The van der Waals surface area contributed by atoms with Gasteiger partial charge >= 0.3 is 5.63 Å². The molecule has 0 spiro atoms. The summed E-state index contributed by atoms with van der Waals surface area (Å²) >= 11 is 0. The van der Waals surface area contributed by atoms with Gasteiger partial charge < -0.3 is 9.73 Å². The Hall–Kier alpha value is -2.88. The van der Waals surface area contributed by atoms with Crippen molar-refractivity contribution in [2.75, 3.05) is 0 Å². The molecule has 4 nitrogen and oxygen atoms in total. The molecule has 0 radical (unpaired) electrons. The molecule has 4 heteroatoms. The molecule has 0 saturated carbocycles. The van der Waals surface area contributed by atoms with Gasteiger partial charge in [-0.05, 0) is 43.2 Å². The molecule has 0 saturated heterocycles. The van der Waals surface area contributed by atoms with Crippen molar-refractivity contribution in [1.29, 1.82) is 0 Å². The second kappa shape index (κ2) is 6.08. The SMILES string of the molecule is Cc1ccc(C(=O)NCc2cc(=O)oc3cc(C)ccc23)cc1. The summed E-state index contributed by atoms with van der Waals surface area (Å²) < 4.78 is 5.22. The highest BCUT2D eigenvalue weighted by Gasteiger charge is 2.09. The zero-order chi connectivity index (χ0) is 16.4. The van der Waals surface area contributed by atoms with Crippen LogP contribution >= 0.6 is 0 Å². The Kier molecular flexibility index (Phi) is 3.98. The van der Waals surface area contributed by atoms with E-state index in [9.17, 15) is 9.59 Å². The number of nitrogens with one attached hydrogen (secondary N) is 1. The van der Waals surface area contributed by atoms with Gasteiger partial charge in [0.1, 0.15) is 5.58 Å². The van der Waals surface area contributed by atoms with E-state index in [-0.39, 0.29) is 12.5 Å². The van der Waals surface area contributed by atoms with Crippen LogP contribution in [0.15, 0.2) is 57.7 Å². The summed E-state index contributed by atoms with van der Waals surface area (Å²) in [6, 6.07) is 14.5. The third-order valence-electron chi connectivity index (χ3n) is 3.74. The van der Waals surface area contributed by atoms with Gasteiger partial charge in [-0.25, -0.2) is 4.79 Å². The first-order valence-corrected chi connectivity index (χ1v) is 7.41. The maximum atomic E-state index is 12.2. The summed E-state index contributed by atoms with van der Waals surface area (Å²) in [4.78, 5) is 23.9. The van der Waals surface area contributed by atoms with Gasteiger partial charge in [-0.3, -0.25) is 4.79 Å². The smallest absolute Gasteiger partial charge is 0.336 e. The van der Waals surface area contributed by atoms with Gasteiger partial charge in [0.25, 0.3) is 5.91 Å². The van der Waals surface area contributed by atoms with Crippen molar-refractivity contribution < 1.29 is 9.21 Å². The zero-order valence-corrected chi connectivity index (χ0v) is 13.1. The minimum absolute atomic E-state index is 0.168. The molecular weight excluding hydrogens is 290 g/mol. The molecule has 1 aromatic heterocycles. The number of amides is 1. The van der Waals surface area contributed by atoms with Crippen LogP contribution in [-0.4, -0.2) is 5.91 Å². The lowest BCUT2D eigenvalue weighted by atomic mass is 10.1. The highest BCUT2D eigenvalue weighted by molar-refractivity contribution is 5.94. The Balaban J connectivity index is 1.85. The van der Waals surface area contributed by atoms with Gasteiger partial charge in [-0.2, -0.15) is 0 Å². The second-order valence-electron chi connectivity index (χ2n) is 5.64. The van der Waals surface area contributed by atoms with E-state index in [2.05, 4.69) is 5.32 Å². The topological polar surface area (TPSA) is 59.3 Å². The lowest BCUT2D eigenvalue weighted by molar-refractivity contribution is 0.0951. The summed E-state index contributed by atoms with van der Waals surface area (Å²) in [5.74, 6) is -0.168. The van der Waals surface area contributed by atoms with Crippen LogP contribution in [0.3, 0.4) is 0 Å². The third-order valence-corrected chi connectivity index (χ3v) is 3.74. The standard InChI is InChI=1S/C19H17NO3/c1-12-3-6-14(7-4-12)19(22)20-11-15-10-18(21)23-17-9-13(2)5-8-16(15)17/h3-10H,11H2,1-2H3,(H,20,22). The minimum atomic E-state index is -0.414.